The molecule has 0 aromatic heterocycles. The van der Waals surface area contributed by atoms with Crippen LogP contribution < -0.4 is 0 Å². The fourth-order valence-electron chi connectivity index (χ4n) is 1.95. The zero-order chi connectivity index (χ0) is 9.68. The van der Waals surface area contributed by atoms with Crippen LogP contribution in [0.5, 0.6) is 0 Å². The Bertz CT molecular complexity index is 161. The highest BCUT2D eigenvalue weighted by Crippen LogP contribution is 2.08. The van der Waals surface area contributed by atoms with E-state index in [0.717, 1.165) is 25.9 Å². The lowest BCUT2D eigenvalue weighted by Gasteiger charge is -2.26. The van der Waals surface area contributed by atoms with Gasteiger partial charge in [-0.3, -0.25) is 4.90 Å². The zero-order valence-corrected chi connectivity index (χ0v) is 8.70. The molecule has 1 fully saturated rings. The molecule has 1 saturated heterocycles. The smallest absolute Gasteiger partial charge is 0.133 e. The van der Waals surface area contributed by atoms with Crippen LogP contribution in [0.3, 0.4) is 0 Å². The number of nitrogens with zero attached hydrogens (tertiary/aromatic N) is 2. The van der Waals surface area contributed by atoms with Gasteiger partial charge >= 0.3 is 0 Å². The standard InChI is InChI=1S/C10H20N2O/c1-3-11-5-4-6-12(7-8-13)10(2)9-11/h8,10H,3-7,9H2,1-2H3. The molecule has 76 valence electrons. The molecule has 0 aromatic carbocycles. The minimum Gasteiger partial charge on any atom is -0.302 e. The van der Waals surface area contributed by atoms with Crippen LogP contribution in [-0.4, -0.2) is 54.9 Å². The number of hydrogen-bond acceptors (Lipinski definition) is 3. The van der Waals surface area contributed by atoms with E-state index < -0.39 is 0 Å². The molecule has 0 aliphatic carbocycles. The van der Waals surface area contributed by atoms with E-state index in [2.05, 4.69) is 23.6 Å². The fourth-order valence-corrected chi connectivity index (χ4v) is 1.95. The van der Waals surface area contributed by atoms with Gasteiger partial charge in [-0.2, -0.15) is 0 Å². The molecule has 0 radical (unpaired) electrons. The molecule has 1 aliphatic rings. The second kappa shape index (κ2) is 5.35. The predicted octanol–water partition coefficient (Wildman–Crippen LogP) is 0.601. The molecule has 3 heteroatoms. The summed E-state index contributed by atoms with van der Waals surface area (Å²) in [6.07, 6.45) is 2.20. The van der Waals surface area contributed by atoms with Gasteiger partial charge < -0.3 is 9.69 Å². The average Bonchev–Trinajstić information content (AvgIpc) is 2.30. The molecule has 3 nitrogen and oxygen atoms in total. The third-order valence-electron chi connectivity index (χ3n) is 2.82. The lowest BCUT2D eigenvalue weighted by Crippen LogP contribution is -2.39. The van der Waals surface area contributed by atoms with E-state index in [4.69, 9.17) is 0 Å². The Morgan fingerprint density at radius 1 is 1.46 bits per heavy atom. The van der Waals surface area contributed by atoms with Gasteiger partial charge in [0.2, 0.25) is 0 Å². The van der Waals surface area contributed by atoms with Crippen molar-refractivity contribution in [2.75, 3.05) is 32.7 Å². The third kappa shape index (κ3) is 3.08. The van der Waals surface area contributed by atoms with Gasteiger partial charge in [0, 0.05) is 19.1 Å². The van der Waals surface area contributed by atoms with Crippen LogP contribution in [0.15, 0.2) is 0 Å². The Morgan fingerprint density at radius 3 is 2.85 bits per heavy atom. The second-order valence-corrected chi connectivity index (χ2v) is 3.76. The molecule has 0 amide bonds. The first kappa shape index (κ1) is 10.7. The molecule has 0 spiro atoms. The Labute approximate surface area is 80.7 Å². The molecule has 1 heterocycles. The number of likely N-dealkylation sites (N-methyl/N-ethyl adjacent to an activating group) is 1. The first-order valence-electron chi connectivity index (χ1n) is 5.18. The molecular weight excluding hydrogens is 164 g/mol. The Balaban J connectivity index is 2.46. The minimum absolute atomic E-state index is 0.521. The highest BCUT2D eigenvalue weighted by molar-refractivity contribution is 5.52. The molecule has 1 aliphatic heterocycles. The van der Waals surface area contributed by atoms with Crippen LogP contribution in [0.25, 0.3) is 0 Å². The Hall–Kier alpha value is -0.410. The van der Waals surface area contributed by atoms with E-state index in [1.807, 2.05) is 0 Å². The zero-order valence-electron chi connectivity index (χ0n) is 8.70. The minimum atomic E-state index is 0.521. The second-order valence-electron chi connectivity index (χ2n) is 3.76. The number of hydrogen-bond donors (Lipinski definition) is 0. The highest BCUT2D eigenvalue weighted by atomic mass is 16.1. The predicted molar refractivity (Wildman–Crippen MR) is 53.8 cm³/mol. The van der Waals surface area contributed by atoms with Crippen molar-refractivity contribution in [3.63, 3.8) is 0 Å². The van der Waals surface area contributed by atoms with Crippen molar-refractivity contribution in [3.8, 4) is 0 Å². The summed E-state index contributed by atoms with van der Waals surface area (Å²) in [7, 11) is 0. The molecule has 1 unspecified atom stereocenters. The van der Waals surface area contributed by atoms with Crippen molar-refractivity contribution >= 4 is 6.29 Å². The largest absolute Gasteiger partial charge is 0.302 e. The summed E-state index contributed by atoms with van der Waals surface area (Å²) in [6, 6.07) is 0.521. The summed E-state index contributed by atoms with van der Waals surface area (Å²) >= 11 is 0. The van der Waals surface area contributed by atoms with Crippen LogP contribution >= 0.6 is 0 Å². The maximum absolute atomic E-state index is 10.4. The monoisotopic (exact) mass is 184 g/mol. The normalized spacial score (nSPS) is 27.1. The van der Waals surface area contributed by atoms with Crippen LogP contribution in [0.2, 0.25) is 0 Å². The van der Waals surface area contributed by atoms with Gasteiger partial charge in [-0.1, -0.05) is 6.92 Å². The quantitative estimate of drug-likeness (QED) is 0.600. The van der Waals surface area contributed by atoms with Gasteiger partial charge in [-0.25, -0.2) is 0 Å². The van der Waals surface area contributed by atoms with Crippen LogP contribution in [0.4, 0.5) is 0 Å². The molecular formula is C10H20N2O. The van der Waals surface area contributed by atoms with Crippen molar-refractivity contribution in [3.05, 3.63) is 0 Å². The van der Waals surface area contributed by atoms with Crippen LogP contribution in [0.1, 0.15) is 20.3 Å². The molecule has 0 aromatic rings. The number of aldehydes is 1. The summed E-state index contributed by atoms with van der Waals surface area (Å²) in [5.41, 5.74) is 0. The maximum atomic E-state index is 10.4. The Morgan fingerprint density at radius 2 is 2.23 bits per heavy atom. The van der Waals surface area contributed by atoms with E-state index >= 15 is 0 Å². The topological polar surface area (TPSA) is 23.6 Å². The van der Waals surface area contributed by atoms with Gasteiger partial charge in [0.15, 0.2) is 0 Å². The van der Waals surface area contributed by atoms with Crippen molar-refractivity contribution in [2.45, 2.75) is 26.3 Å². The molecule has 0 bridgehead atoms. The van der Waals surface area contributed by atoms with Gasteiger partial charge in [0.25, 0.3) is 0 Å². The molecule has 0 N–H and O–H groups in total. The van der Waals surface area contributed by atoms with Gasteiger partial charge in [-0.15, -0.1) is 0 Å². The number of carbonyl (C=O) groups is 1. The number of rotatable bonds is 3. The molecule has 1 rings (SSSR count). The van der Waals surface area contributed by atoms with E-state index in [9.17, 15) is 4.79 Å². The van der Waals surface area contributed by atoms with E-state index in [1.165, 1.54) is 13.0 Å². The third-order valence-corrected chi connectivity index (χ3v) is 2.82. The maximum Gasteiger partial charge on any atom is 0.133 e. The molecule has 1 atom stereocenters. The van der Waals surface area contributed by atoms with Crippen LogP contribution in [0, 0.1) is 0 Å². The first-order valence-corrected chi connectivity index (χ1v) is 5.18. The van der Waals surface area contributed by atoms with Crippen LogP contribution in [-0.2, 0) is 4.79 Å². The van der Waals surface area contributed by atoms with Gasteiger partial charge in [-0.05, 0) is 26.4 Å². The van der Waals surface area contributed by atoms with Crippen molar-refractivity contribution in [2.24, 2.45) is 0 Å². The lowest BCUT2D eigenvalue weighted by molar-refractivity contribution is -0.109. The summed E-state index contributed by atoms with van der Waals surface area (Å²) in [6.45, 7) is 9.47. The van der Waals surface area contributed by atoms with Gasteiger partial charge in [0.05, 0.1) is 6.54 Å². The average molecular weight is 184 g/mol. The summed E-state index contributed by atoms with van der Waals surface area (Å²) < 4.78 is 0. The Kier molecular flexibility index (Phi) is 4.39. The molecule has 0 saturated carbocycles. The lowest BCUT2D eigenvalue weighted by atomic mass is 10.3. The first-order chi connectivity index (χ1) is 6.27. The van der Waals surface area contributed by atoms with E-state index in [0.29, 0.717) is 12.6 Å². The fraction of sp³-hybridized carbons (Fsp3) is 0.900. The molecule has 13 heavy (non-hydrogen) atoms. The summed E-state index contributed by atoms with van der Waals surface area (Å²) in [5.74, 6) is 0. The number of carbonyl (C=O) groups excluding carboxylic acids is 1. The van der Waals surface area contributed by atoms with Crippen molar-refractivity contribution in [1.29, 1.82) is 0 Å². The summed E-state index contributed by atoms with van der Waals surface area (Å²) in [5, 5.41) is 0. The van der Waals surface area contributed by atoms with E-state index in [1.54, 1.807) is 0 Å². The summed E-state index contributed by atoms with van der Waals surface area (Å²) in [4.78, 5) is 15.1. The van der Waals surface area contributed by atoms with Crippen molar-refractivity contribution in [1.82, 2.24) is 9.80 Å². The van der Waals surface area contributed by atoms with Crippen molar-refractivity contribution < 1.29 is 4.79 Å². The SMILES string of the molecule is CCN1CCCN(CC=O)C(C)C1. The van der Waals surface area contributed by atoms with Gasteiger partial charge in [0.1, 0.15) is 6.29 Å². The van der Waals surface area contributed by atoms with E-state index in [-0.39, 0.29) is 0 Å². The highest BCUT2D eigenvalue weighted by Gasteiger charge is 2.19.